The van der Waals surface area contributed by atoms with Gasteiger partial charge in [0.15, 0.2) is 0 Å². The number of hydrogen-bond acceptors (Lipinski definition) is 7. The number of anilines is 4. The number of nitrogen functional groups attached to an aromatic ring is 1. The Morgan fingerprint density at radius 1 is 0.964 bits per heavy atom. The molecule has 0 aliphatic carbocycles. The number of carboxylic acid groups (broad SMARTS) is 1. The quantitative estimate of drug-likeness (QED) is 0.450. The van der Waals surface area contributed by atoms with Crippen LogP contribution in [0, 0.1) is 0 Å². The Labute approximate surface area is 160 Å². The molecule has 2 aromatic rings. The fraction of sp³-hybridized carbons (Fsp3) is 0.118. The molecule has 28 heavy (non-hydrogen) atoms. The zero-order valence-electron chi connectivity index (χ0n) is 14.9. The van der Waals surface area contributed by atoms with Crippen molar-refractivity contribution in [3.05, 3.63) is 42.0 Å². The highest BCUT2D eigenvalue weighted by atomic mass is 32.2. The normalized spacial score (nSPS) is 10.8. The molecule has 6 N–H and O–H groups in total. The third-order valence-electron chi connectivity index (χ3n) is 3.42. The lowest BCUT2D eigenvalue weighted by molar-refractivity contribution is -0.117. The molecule has 0 unspecified atom stereocenters. The lowest BCUT2D eigenvalue weighted by Gasteiger charge is -2.16. The predicted molar refractivity (Wildman–Crippen MR) is 103 cm³/mol. The maximum Gasteiger partial charge on any atom is 0.335 e. The zero-order chi connectivity index (χ0) is 21.1. The minimum Gasteiger partial charge on any atom is -0.478 e. The van der Waals surface area contributed by atoms with Crippen molar-refractivity contribution in [1.29, 1.82) is 0 Å². The van der Waals surface area contributed by atoms with Crippen molar-refractivity contribution in [1.82, 2.24) is 4.72 Å². The van der Waals surface area contributed by atoms with Gasteiger partial charge in [-0.15, -0.1) is 0 Å². The second-order valence-corrected chi connectivity index (χ2v) is 7.44. The SMILES string of the molecule is CC(=O)Nc1ccc(Nc2c(N)cc(C(=O)O)cc2S(=O)(=O)NC(C)=O)cc1. The van der Waals surface area contributed by atoms with Gasteiger partial charge in [-0.3, -0.25) is 9.59 Å². The summed E-state index contributed by atoms with van der Waals surface area (Å²) in [7, 11) is -4.38. The number of hydrogen-bond donors (Lipinski definition) is 5. The Bertz CT molecular complexity index is 1050. The van der Waals surface area contributed by atoms with Crippen molar-refractivity contribution in [2.45, 2.75) is 18.7 Å². The maximum atomic E-state index is 12.5. The number of carboxylic acids is 1. The topological polar surface area (TPSA) is 168 Å². The van der Waals surface area contributed by atoms with E-state index in [0.717, 1.165) is 19.1 Å². The number of carbonyl (C=O) groups excluding carboxylic acids is 2. The summed E-state index contributed by atoms with van der Waals surface area (Å²) in [5, 5.41) is 14.6. The van der Waals surface area contributed by atoms with Crippen molar-refractivity contribution < 1.29 is 27.9 Å². The second kappa shape index (κ2) is 7.96. The van der Waals surface area contributed by atoms with Gasteiger partial charge < -0.3 is 21.5 Å². The molecule has 0 radical (unpaired) electrons. The van der Waals surface area contributed by atoms with Crippen LogP contribution in [0.15, 0.2) is 41.3 Å². The van der Waals surface area contributed by atoms with Crippen LogP contribution in [0.4, 0.5) is 22.7 Å². The summed E-state index contributed by atoms with van der Waals surface area (Å²) in [5.74, 6) is -2.47. The summed E-state index contributed by atoms with van der Waals surface area (Å²) in [4.78, 5) is 33.1. The van der Waals surface area contributed by atoms with Gasteiger partial charge in [0.1, 0.15) is 4.90 Å². The molecule has 0 heterocycles. The molecule has 0 atom stereocenters. The summed E-state index contributed by atoms with van der Waals surface area (Å²) in [6, 6.07) is 8.28. The Hall–Kier alpha value is -3.60. The van der Waals surface area contributed by atoms with Gasteiger partial charge in [0.2, 0.25) is 11.8 Å². The van der Waals surface area contributed by atoms with Crippen LogP contribution < -0.4 is 21.1 Å². The number of carbonyl (C=O) groups is 3. The van der Waals surface area contributed by atoms with E-state index >= 15 is 0 Å². The van der Waals surface area contributed by atoms with Crippen molar-refractivity contribution >= 4 is 50.6 Å². The second-order valence-electron chi connectivity index (χ2n) is 5.79. The summed E-state index contributed by atoms with van der Waals surface area (Å²) in [6.45, 7) is 2.37. The summed E-state index contributed by atoms with van der Waals surface area (Å²) in [5.41, 5.74) is 6.23. The van der Waals surface area contributed by atoms with Gasteiger partial charge in [-0.05, 0) is 36.4 Å². The van der Waals surface area contributed by atoms with Crippen molar-refractivity contribution in [2.75, 3.05) is 16.4 Å². The molecule has 11 heteroatoms. The standard InChI is InChI=1S/C17H18N4O6S/c1-9(22)19-12-3-5-13(6-4-12)20-16-14(18)7-11(17(24)25)8-15(16)28(26,27)21-10(2)23/h3-8,20H,18H2,1-2H3,(H,19,22)(H,21,23)(H,24,25). The number of amides is 2. The van der Waals surface area contributed by atoms with Crippen LogP contribution in [-0.4, -0.2) is 31.3 Å². The Kier molecular flexibility index (Phi) is 5.89. The van der Waals surface area contributed by atoms with Crippen molar-refractivity contribution in [2.24, 2.45) is 0 Å². The average molecular weight is 406 g/mol. The molecule has 0 aliphatic rings. The maximum absolute atomic E-state index is 12.5. The van der Waals surface area contributed by atoms with Crippen LogP contribution in [0.25, 0.3) is 0 Å². The van der Waals surface area contributed by atoms with E-state index in [0.29, 0.717) is 11.4 Å². The molecule has 0 fully saturated rings. The first kappa shape index (κ1) is 20.7. The van der Waals surface area contributed by atoms with Gasteiger partial charge in [-0.1, -0.05) is 0 Å². The summed E-state index contributed by atoms with van der Waals surface area (Å²) in [6.07, 6.45) is 0. The molecule has 0 spiro atoms. The van der Waals surface area contributed by atoms with E-state index < -0.39 is 26.8 Å². The van der Waals surface area contributed by atoms with Gasteiger partial charge in [0.25, 0.3) is 10.0 Å². The number of nitrogens with two attached hydrogens (primary N) is 1. The molecule has 148 valence electrons. The number of benzene rings is 2. The molecule has 0 aromatic heterocycles. The highest BCUT2D eigenvalue weighted by molar-refractivity contribution is 7.90. The molecule has 0 aliphatic heterocycles. The fourth-order valence-corrected chi connectivity index (χ4v) is 3.54. The van der Waals surface area contributed by atoms with E-state index in [4.69, 9.17) is 5.73 Å². The molecule has 0 saturated heterocycles. The third-order valence-corrected chi connectivity index (χ3v) is 4.88. The van der Waals surface area contributed by atoms with E-state index in [1.54, 1.807) is 29.0 Å². The molecular formula is C17H18N4O6S. The van der Waals surface area contributed by atoms with Crippen molar-refractivity contribution in [3.63, 3.8) is 0 Å². The van der Waals surface area contributed by atoms with Crippen LogP contribution in [0.2, 0.25) is 0 Å². The Morgan fingerprint density at radius 3 is 2.04 bits per heavy atom. The molecule has 2 aromatic carbocycles. The lowest BCUT2D eigenvalue weighted by Crippen LogP contribution is -2.29. The van der Waals surface area contributed by atoms with Crippen LogP contribution >= 0.6 is 0 Å². The van der Waals surface area contributed by atoms with Gasteiger partial charge in [0, 0.05) is 25.2 Å². The van der Waals surface area contributed by atoms with E-state index in [-0.39, 0.29) is 22.8 Å². The van der Waals surface area contributed by atoms with Gasteiger partial charge in [0.05, 0.1) is 16.9 Å². The Balaban J connectivity index is 2.52. The minimum absolute atomic E-state index is 0.0916. The highest BCUT2D eigenvalue weighted by Crippen LogP contribution is 2.32. The first-order chi connectivity index (χ1) is 13.0. The first-order valence-electron chi connectivity index (χ1n) is 7.84. The number of nitrogens with one attached hydrogen (secondary N) is 3. The third kappa shape index (κ3) is 4.98. The minimum atomic E-state index is -4.38. The molecule has 10 nitrogen and oxygen atoms in total. The van der Waals surface area contributed by atoms with E-state index in [1.165, 1.54) is 6.92 Å². The van der Waals surface area contributed by atoms with Crippen LogP contribution in [0.5, 0.6) is 0 Å². The first-order valence-corrected chi connectivity index (χ1v) is 9.33. The average Bonchev–Trinajstić information content (AvgIpc) is 2.56. The molecule has 2 rings (SSSR count). The fourth-order valence-electron chi connectivity index (χ4n) is 2.33. The number of sulfonamides is 1. The van der Waals surface area contributed by atoms with E-state index in [9.17, 15) is 27.9 Å². The van der Waals surface area contributed by atoms with Crippen LogP contribution in [-0.2, 0) is 19.6 Å². The predicted octanol–water partition coefficient (Wildman–Crippen LogP) is 1.49. The van der Waals surface area contributed by atoms with E-state index in [1.807, 2.05) is 0 Å². The Morgan fingerprint density at radius 2 is 1.54 bits per heavy atom. The largest absolute Gasteiger partial charge is 0.478 e. The van der Waals surface area contributed by atoms with Crippen LogP contribution in [0.1, 0.15) is 24.2 Å². The monoisotopic (exact) mass is 406 g/mol. The molecular weight excluding hydrogens is 388 g/mol. The molecule has 0 saturated carbocycles. The summed E-state index contributed by atoms with van der Waals surface area (Å²) >= 11 is 0. The number of rotatable bonds is 6. The van der Waals surface area contributed by atoms with Crippen molar-refractivity contribution in [3.8, 4) is 0 Å². The zero-order valence-corrected chi connectivity index (χ0v) is 15.8. The smallest absolute Gasteiger partial charge is 0.335 e. The van der Waals surface area contributed by atoms with Gasteiger partial charge in [-0.2, -0.15) is 0 Å². The molecule has 0 bridgehead atoms. The van der Waals surface area contributed by atoms with Crippen LogP contribution in [0.3, 0.4) is 0 Å². The van der Waals surface area contributed by atoms with Gasteiger partial charge in [-0.25, -0.2) is 17.9 Å². The number of aromatic carboxylic acids is 1. The molecule has 2 amide bonds. The summed E-state index contributed by atoms with van der Waals surface area (Å²) < 4.78 is 26.8. The van der Waals surface area contributed by atoms with E-state index in [2.05, 4.69) is 10.6 Å². The highest BCUT2D eigenvalue weighted by Gasteiger charge is 2.24. The lowest BCUT2D eigenvalue weighted by atomic mass is 10.1. The van der Waals surface area contributed by atoms with Gasteiger partial charge >= 0.3 is 5.97 Å².